The second kappa shape index (κ2) is 5.72. The highest BCUT2D eigenvalue weighted by atomic mass is 32.1. The minimum Gasteiger partial charge on any atom is -0.305 e. The van der Waals surface area contributed by atoms with E-state index in [9.17, 15) is 0 Å². The van der Waals surface area contributed by atoms with Crippen LogP contribution in [0.3, 0.4) is 0 Å². The zero-order valence-electron chi connectivity index (χ0n) is 9.26. The van der Waals surface area contributed by atoms with Gasteiger partial charge in [-0.15, -0.1) is 5.10 Å². The molecule has 0 amide bonds. The monoisotopic (exact) mass is 233 g/mol. The molecule has 1 atom stereocenters. The molecule has 4 heteroatoms. The van der Waals surface area contributed by atoms with E-state index in [2.05, 4.69) is 46.1 Å². The van der Waals surface area contributed by atoms with Crippen molar-refractivity contribution in [1.29, 1.82) is 0 Å². The lowest BCUT2D eigenvalue weighted by Crippen LogP contribution is -2.23. The summed E-state index contributed by atoms with van der Waals surface area (Å²) in [7, 11) is 0. The zero-order valence-corrected chi connectivity index (χ0v) is 10.1. The molecule has 84 valence electrons. The second-order valence-electron chi connectivity index (χ2n) is 3.63. The van der Waals surface area contributed by atoms with E-state index in [1.165, 1.54) is 17.1 Å². The molecule has 2 rings (SSSR count). The van der Waals surface area contributed by atoms with Crippen LogP contribution in [0.4, 0.5) is 0 Å². The summed E-state index contributed by atoms with van der Waals surface area (Å²) in [6, 6.07) is 10.5. The van der Waals surface area contributed by atoms with Crippen molar-refractivity contribution in [3.05, 3.63) is 47.0 Å². The maximum atomic E-state index is 4.15. The number of nitrogens with one attached hydrogen (secondary N) is 1. The van der Waals surface area contributed by atoms with E-state index in [4.69, 9.17) is 0 Å². The minimum absolute atomic E-state index is 0.167. The molecule has 2 aromatic rings. The molecule has 0 saturated carbocycles. The first kappa shape index (κ1) is 11.2. The average Bonchev–Trinajstić information content (AvgIpc) is 2.85. The van der Waals surface area contributed by atoms with Gasteiger partial charge in [0.15, 0.2) is 0 Å². The van der Waals surface area contributed by atoms with E-state index < -0.39 is 0 Å². The van der Waals surface area contributed by atoms with Crippen LogP contribution in [0.25, 0.3) is 0 Å². The zero-order chi connectivity index (χ0) is 11.2. The molecule has 1 aromatic carbocycles. The highest BCUT2D eigenvalue weighted by Crippen LogP contribution is 2.20. The SMILES string of the molecule is CCCNC(c1ccccc1)c1csnn1. The molecule has 1 aromatic heterocycles. The van der Waals surface area contributed by atoms with Crippen LogP contribution in [-0.2, 0) is 0 Å². The number of nitrogens with zero attached hydrogens (tertiary/aromatic N) is 2. The van der Waals surface area contributed by atoms with Crippen molar-refractivity contribution in [3.63, 3.8) is 0 Å². The fraction of sp³-hybridized carbons (Fsp3) is 0.333. The molecule has 0 aliphatic rings. The van der Waals surface area contributed by atoms with Gasteiger partial charge in [-0.05, 0) is 30.1 Å². The van der Waals surface area contributed by atoms with Crippen LogP contribution in [0.2, 0.25) is 0 Å². The van der Waals surface area contributed by atoms with Crippen LogP contribution in [-0.4, -0.2) is 16.1 Å². The van der Waals surface area contributed by atoms with Crippen molar-refractivity contribution in [2.75, 3.05) is 6.54 Å². The predicted octanol–water partition coefficient (Wildman–Crippen LogP) is 2.63. The predicted molar refractivity (Wildman–Crippen MR) is 66.5 cm³/mol. The second-order valence-corrected chi connectivity index (χ2v) is 4.24. The smallest absolute Gasteiger partial charge is 0.0970 e. The molecule has 0 aliphatic carbocycles. The maximum absolute atomic E-state index is 4.15. The number of aromatic nitrogens is 2. The van der Waals surface area contributed by atoms with Gasteiger partial charge in [-0.2, -0.15) is 0 Å². The van der Waals surface area contributed by atoms with Crippen molar-refractivity contribution >= 4 is 11.5 Å². The van der Waals surface area contributed by atoms with E-state index >= 15 is 0 Å². The Kier molecular flexibility index (Phi) is 4.02. The lowest BCUT2D eigenvalue weighted by atomic mass is 10.0. The summed E-state index contributed by atoms with van der Waals surface area (Å²) >= 11 is 1.39. The molecule has 1 heterocycles. The largest absolute Gasteiger partial charge is 0.305 e. The van der Waals surface area contributed by atoms with Gasteiger partial charge in [-0.3, -0.25) is 0 Å². The number of benzene rings is 1. The molecule has 0 aliphatic heterocycles. The van der Waals surface area contributed by atoms with Crippen LogP contribution in [0.1, 0.15) is 30.6 Å². The lowest BCUT2D eigenvalue weighted by Gasteiger charge is -2.16. The summed E-state index contributed by atoms with van der Waals surface area (Å²) < 4.78 is 3.93. The molecular weight excluding hydrogens is 218 g/mol. The molecule has 0 bridgehead atoms. The summed E-state index contributed by atoms with van der Waals surface area (Å²) in [5.41, 5.74) is 2.24. The van der Waals surface area contributed by atoms with Crippen molar-refractivity contribution in [1.82, 2.24) is 14.9 Å². The van der Waals surface area contributed by atoms with Gasteiger partial charge in [0, 0.05) is 5.38 Å². The molecule has 1 unspecified atom stereocenters. The fourth-order valence-electron chi connectivity index (χ4n) is 1.62. The van der Waals surface area contributed by atoms with Crippen LogP contribution in [0.15, 0.2) is 35.7 Å². The van der Waals surface area contributed by atoms with Crippen molar-refractivity contribution in [3.8, 4) is 0 Å². The molecule has 3 nitrogen and oxygen atoms in total. The summed E-state index contributed by atoms with van der Waals surface area (Å²) in [5.74, 6) is 0. The molecular formula is C12H15N3S. The number of hydrogen-bond donors (Lipinski definition) is 1. The Labute approximate surface area is 99.7 Å². The van der Waals surface area contributed by atoms with Crippen LogP contribution < -0.4 is 5.32 Å². The third-order valence-electron chi connectivity index (χ3n) is 2.40. The normalized spacial score (nSPS) is 12.6. The number of rotatable bonds is 5. The van der Waals surface area contributed by atoms with Gasteiger partial charge in [-0.25, -0.2) is 0 Å². The molecule has 1 N–H and O–H groups in total. The van der Waals surface area contributed by atoms with Gasteiger partial charge in [0.1, 0.15) is 0 Å². The van der Waals surface area contributed by atoms with Crippen LogP contribution in [0, 0.1) is 0 Å². The highest BCUT2D eigenvalue weighted by Gasteiger charge is 2.15. The summed E-state index contributed by atoms with van der Waals surface area (Å²) in [5, 5.41) is 9.64. The Bertz CT molecular complexity index is 399. The van der Waals surface area contributed by atoms with Crippen molar-refractivity contribution in [2.45, 2.75) is 19.4 Å². The Morgan fingerprint density at radius 3 is 2.75 bits per heavy atom. The average molecular weight is 233 g/mol. The number of hydrogen-bond acceptors (Lipinski definition) is 4. The third-order valence-corrected chi connectivity index (χ3v) is 2.93. The Hall–Kier alpha value is -1.26. The van der Waals surface area contributed by atoms with Crippen molar-refractivity contribution in [2.24, 2.45) is 0 Å². The van der Waals surface area contributed by atoms with Crippen LogP contribution in [0.5, 0.6) is 0 Å². The van der Waals surface area contributed by atoms with E-state index in [1.54, 1.807) is 0 Å². The first-order chi connectivity index (χ1) is 7.92. The fourth-order valence-corrected chi connectivity index (χ4v) is 2.10. The Balaban J connectivity index is 2.21. The molecule has 0 fully saturated rings. The summed E-state index contributed by atoms with van der Waals surface area (Å²) in [4.78, 5) is 0. The third kappa shape index (κ3) is 2.65. The van der Waals surface area contributed by atoms with Crippen LogP contribution >= 0.6 is 11.5 Å². The molecule has 0 radical (unpaired) electrons. The maximum Gasteiger partial charge on any atom is 0.0970 e. The Morgan fingerprint density at radius 2 is 2.12 bits per heavy atom. The first-order valence-corrected chi connectivity index (χ1v) is 6.30. The van der Waals surface area contributed by atoms with Gasteiger partial charge in [-0.1, -0.05) is 41.7 Å². The molecule has 0 spiro atoms. The van der Waals surface area contributed by atoms with E-state index in [0.717, 1.165) is 18.7 Å². The highest BCUT2D eigenvalue weighted by molar-refractivity contribution is 7.03. The molecule has 0 saturated heterocycles. The summed E-state index contributed by atoms with van der Waals surface area (Å²) in [6.07, 6.45) is 1.11. The van der Waals surface area contributed by atoms with E-state index in [1.807, 2.05) is 11.4 Å². The first-order valence-electron chi connectivity index (χ1n) is 5.47. The lowest BCUT2D eigenvalue weighted by molar-refractivity contribution is 0.585. The van der Waals surface area contributed by atoms with Gasteiger partial charge < -0.3 is 5.32 Å². The van der Waals surface area contributed by atoms with Gasteiger partial charge in [0.2, 0.25) is 0 Å². The quantitative estimate of drug-likeness (QED) is 0.862. The van der Waals surface area contributed by atoms with Gasteiger partial charge >= 0.3 is 0 Å². The topological polar surface area (TPSA) is 37.8 Å². The minimum atomic E-state index is 0.167. The van der Waals surface area contributed by atoms with E-state index in [0.29, 0.717) is 0 Å². The van der Waals surface area contributed by atoms with Gasteiger partial charge in [0.25, 0.3) is 0 Å². The van der Waals surface area contributed by atoms with Gasteiger partial charge in [0.05, 0.1) is 11.7 Å². The summed E-state index contributed by atoms with van der Waals surface area (Å²) in [6.45, 7) is 3.14. The molecule has 16 heavy (non-hydrogen) atoms. The Morgan fingerprint density at radius 1 is 1.31 bits per heavy atom. The standard InChI is InChI=1S/C12H15N3S/c1-2-8-13-12(11-9-16-15-14-11)10-6-4-3-5-7-10/h3-7,9,12-13H,2,8H2,1H3. The van der Waals surface area contributed by atoms with Crippen molar-refractivity contribution < 1.29 is 0 Å². The van der Waals surface area contributed by atoms with E-state index in [-0.39, 0.29) is 6.04 Å².